The van der Waals surface area contributed by atoms with E-state index in [4.69, 9.17) is 4.74 Å². The zero-order chi connectivity index (χ0) is 7.68. The standard InChI is InChI=1S/C8H6O2S/c9-3-6-5-11-8-4-10-2-1-7(6)8/h1-3,5H,4H2. The molecular weight excluding hydrogens is 160 g/mol. The third-order valence-corrected chi connectivity index (χ3v) is 2.61. The minimum atomic E-state index is 0.602. The summed E-state index contributed by atoms with van der Waals surface area (Å²) in [5.74, 6) is 0. The van der Waals surface area contributed by atoms with Crippen molar-refractivity contribution in [2.24, 2.45) is 0 Å². The van der Waals surface area contributed by atoms with Gasteiger partial charge in [-0.3, -0.25) is 4.79 Å². The molecule has 2 nitrogen and oxygen atoms in total. The number of carbonyl (C=O) groups excluding carboxylic acids is 1. The second kappa shape index (κ2) is 2.51. The molecule has 1 aliphatic rings. The quantitative estimate of drug-likeness (QED) is 0.597. The van der Waals surface area contributed by atoms with Crippen LogP contribution in [0.4, 0.5) is 0 Å². The van der Waals surface area contributed by atoms with Crippen LogP contribution in [0.3, 0.4) is 0 Å². The van der Waals surface area contributed by atoms with Crippen molar-refractivity contribution >= 4 is 23.7 Å². The molecular formula is C8H6O2S. The molecule has 56 valence electrons. The SMILES string of the molecule is O=Cc1csc2c1C=COC2. The molecule has 2 rings (SSSR count). The summed E-state index contributed by atoms with van der Waals surface area (Å²) in [6, 6.07) is 0. The molecule has 0 aromatic carbocycles. The van der Waals surface area contributed by atoms with Crippen molar-refractivity contribution in [2.45, 2.75) is 6.61 Å². The lowest BCUT2D eigenvalue weighted by atomic mass is 10.1. The Morgan fingerprint density at radius 2 is 2.55 bits per heavy atom. The lowest BCUT2D eigenvalue weighted by Crippen LogP contribution is -1.92. The van der Waals surface area contributed by atoms with Crippen LogP contribution in [0.25, 0.3) is 6.08 Å². The molecule has 2 heterocycles. The minimum absolute atomic E-state index is 0.602. The Balaban J connectivity index is 2.56. The molecule has 1 aromatic heterocycles. The van der Waals surface area contributed by atoms with E-state index in [2.05, 4.69) is 0 Å². The predicted octanol–water partition coefficient (Wildman–Crippen LogP) is 2.06. The highest BCUT2D eigenvalue weighted by molar-refractivity contribution is 7.10. The van der Waals surface area contributed by atoms with Gasteiger partial charge in [-0.05, 0) is 6.08 Å². The van der Waals surface area contributed by atoms with Crippen LogP contribution >= 0.6 is 11.3 Å². The lowest BCUT2D eigenvalue weighted by molar-refractivity contribution is 0.112. The van der Waals surface area contributed by atoms with Gasteiger partial charge < -0.3 is 4.74 Å². The average molecular weight is 166 g/mol. The maximum absolute atomic E-state index is 10.5. The zero-order valence-corrected chi connectivity index (χ0v) is 6.56. The van der Waals surface area contributed by atoms with Crippen LogP contribution in [-0.2, 0) is 11.3 Å². The van der Waals surface area contributed by atoms with Gasteiger partial charge in [0.2, 0.25) is 0 Å². The Labute approximate surface area is 68.1 Å². The van der Waals surface area contributed by atoms with E-state index in [1.54, 1.807) is 17.6 Å². The first-order valence-corrected chi connectivity index (χ1v) is 4.13. The summed E-state index contributed by atoms with van der Waals surface area (Å²) >= 11 is 1.57. The van der Waals surface area contributed by atoms with Crippen molar-refractivity contribution in [3.63, 3.8) is 0 Å². The van der Waals surface area contributed by atoms with Crippen molar-refractivity contribution in [3.05, 3.63) is 27.6 Å². The molecule has 1 aliphatic heterocycles. The van der Waals surface area contributed by atoms with Crippen molar-refractivity contribution in [1.82, 2.24) is 0 Å². The van der Waals surface area contributed by atoms with E-state index in [9.17, 15) is 4.79 Å². The van der Waals surface area contributed by atoms with Gasteiger partial charge in [0, 0.05) is 21.4 Å². The van der Waals surface area contributed by atoms with Gasteiger partial charge in [-0.1, -0.05) is 0 Å². The fourth-order valence-electron chi connectivity index (χ4n) is 1.05. The molecule has 3 heteroatoms. The second-order valence-electron chi connectivity index (χ2n) is 2.26. The highest BCUT2D eigenvalue weighted by atomic mass is 32.1. The maximum atomic E-state index is 10.5. The van der Waals surface area contributed by atoms with Crippen LogP contribution in [0.15, 0.2) is 11.6 Å². The summed E-state index contributed by atoms with van der Waals surface area (Å²) in [5, 5.41) is 1.86. The monoisotopic (exact) mass is 166 g/mol. The van der Waals surface area contributed by atoms with Gasteiger partial charge in [0.05, 0.1) is 6.26 Å². The number of thiophene rings is 1. The second-order valence-corrected chi connectivity index (χ2v) is 3.22. The van der Waals surface area contributed by atoms with Gasteiger partial charge in [-0.25, -0.2) is 0 Å². The smallest absolute Gasteiger partial charge is 0.151 e. The van der Waals surface area contributed by atoms with E-state index in [-0.39, 0.29) is 0 Å². The van der Waals surface area contributed by atoms with Gasteiger partial charge in [-0.15, -0.1) is 11.3 Å². The Hall–Kier alpha value is -1.09. The van der Waals surface area contributed by atoms with E-state index >= 15 is 0 Å². The summed E-state index contributed by atoms with van der Waals surface area (Å²) in [4.78, 5) is 11.6. The van der Waals surface area contributed by atoms with E-state index in [0.717, 1.165) is 22.3 Å². The van der Waals surface area contributed by atoms with Crippen LogP contribution in [0.1, 0.15) is 20.8 Å². The van der Waals surface area contributed by atoms with E-state index in [1.807, 2.05) is 11.5 Å². The molecule has 1 aromatic rings. The normalized spacial score (nSPS) is 13.8. The highest BCUT2D eigenvalue weighted by Crippen LogP contribution is 2.26. The Kier molecular flexibility index (Phi) is 1.51. The molecule has 0 saturated carbocycles. The molecule has 0 N–H and O–H groups in total. The van der Waals surface area contributed by atoms with Crippen molar-refractivity contribution < 1.29 is 9.53 Å². The summed E-state index contributed by atoms with van der Waals surface area (Å²) in [7, 11) is 0. The first-order chi connectivity index (χ1) is 5.42. The number of fused-ring (bicyclic) bond motifs is 1. The topological polar surface area (TPSA) is 26.3 Å². The Bertz CT molecular complexity index is 312. The molecule has 0 fully saturated rings. The average Bonchev–Trinajstić information content (AvgIpc) is 2.47. The van der Waals surface area contributed by atoms with Crippen LogP contribution < -0.4 is 0 Å². The summed E-state index contributed by atoms with van der Waals surface area (Å²) in [6.45, 7) is 0.602. The number of hydrogen-bond acceptors (Lipinski definition) is 3. The number of rotatable bonds is 1. The zero-order valence-electron chi connectivity index (χ0n) is 5.74. The highest BCUT2D eigenvalue weighted by Gasteiger charge is 2.11. The van der Waals surface area contributed by atoms with E-state index < -0.39 is 0 Å². The first-order valence-electron chi connectivity index (χ1n) is 3.25. The summed E-state index contributed by atoms with van der Waals surface area (Å²) < 4.78 is 5.07. The van der Waals surface area contributed by atoms with Gasteiger partial charge in [0.15, 0.2) is 6.29 Å². The number of aldehydes is 1. The molecule has 0 amide bonds. The third-order valence-electron chi connectivity index (χ3n) is 1.61. The Morgan fingerprint density at radius 1 is 1.64 bits per heavy atom. The van der Waals surface area contributed by atoms with Crippen LogP contribution in [0.5, 0.6) is 0 Å². The largest absolute Gasteiger partial charge is 0.496 e. The van der Waals surface area contributed by atoms with Gasteiger partial charge >= 0.3 is 0 Å². The Morgan fingerprint density at radius 3 is 3.36 bits per heavy atom. The van der Waals surface area contributed by atoms with E-state index in [1.165, 1.54) is 0 Å². The lowest BCUT2D eigenvalue weighted by Gasteiger charge is -2.05. The fraction of sp³-hybridized carbons (Fsp3) is 0.125. The molecule has 0 unspecified atom stereocenters. The van der Waals surface area contributed by atoms with Gasteiger partial charge in [0.25, 0.3) is 0 Å². The molecule has 0 radical (unpaired) electrons. The molecule has 0 atom stereocenters. The van der Waals surface area contributed by atoms with Gasteiger partial charge in [0.1, 0.15) is 6.61 Å². The number of carbonyl (C=O) groups is 1. The molecule has 11 heavy (non-hydrogen) atoms. The van der Waals surface area contributed by atoms with Gasteiger partial charge in [-0.2, -0.15) is 0 Å². The van der Waals surface area contributed by atoms with Crippen LogP contribution in [0.2, 0.25) is 0 Å². The molecule has 0 aliphatic carbocycles. The number of hydrogen-bond donors (Lipinski definition) is 0. The van der Waals surface area contributed by atoms with Crippen molar-refractivity contribution in [1.29, 1.82) is 0 Å². The van der Waals surface area contributed by atoms with Crippen molar-refractivity contribution in [3.8, 4) is 0 Å². The molecule has 0 bridgehead atoms. The summed E-state index contributed by atoms with van der Waals surface area (Å²) in [5.41, 5.74) is 1.79. The maximum Gasteiger partial charge on any atom is 0.151 e. The summed E-state index contributed by atoms with van der Waals surface area (Å²) in [6.07, 6.45) is 4.34. The molecule has 0 saturated heterocycles. The molecule has 0 spiro atoms. The predicted molar refractivity (Wildman–Crippen MR) is 43.5 cm³/mol. The first kappa shape index (κ1) is 6.61. The fourth-order valence-corrected chi connectivity index (χ4v) is 1.96. The van der Waals surface area contributed by atoms with Crippen LogP contribution in [-0.4, -0.2) is 6.29 Å². The van der Waals surface area contributed by atoms with Crippen molar-refractivity contribution in [2.75, 3.05) is 0 Å². The minimum Gasteiger partial charge on any atom is -0.496 e. The van der Waals surface area contributed by atoms with Crippen LogP contribution in [0, 0.1) is 0 Å². The third kappa shape index (κ3) is 0.973. The number of ether oxygens (including phenoxy) is 1. The van der Waals surface area contributed by atoms with E-state index in [0.29, 0.717) is 6.61 Å².